The van der Waals surface area contributed by atoms with E-state index < -0.39 is 9.84 Å². The number of para-hydroxylation sites is 1. The van der Waals surface area contributed by atoms with Gasteiger partial charge in [0.1, 0.15) is 5.82 Å². The van der Waals surface area contributed by atoms with E-state index in [1.165, 1.54) is 17.8 Å². The van der Waals surface area contributed by atoms with Gasteiger partial charge in [-0.15, -0.1) is 10.2 Å². The van der Waals surface area contributed by atoms with Gasteiger partial charge >= 0.3 is 0 Å². The van der Waals surface area contributed by atoms with Crippen LogP contribution in [-0.4, -0.2) is 41.1 Å². The molecule has 2 aromatic carbocycles. The monoisotopic (exact) mass is 442 g/mol. The van der Waals surface area contributed by atoms with Crippen LogP contribution in [0.1, 0.15) is 30.1 Å². The Morgan fingerprint density at radius 1 is 1.10 bits per heavy atom. The van der Waals surface area contributed by atoms with Gasteiger partial charge in [-0.25, -0.2) is 8.42 Å². The molecule has 9 heteroatoms. The maximum absolute atomic E-state index is 12.5. The van der Waals surface area contributed by atoms with Crippen LogP contribution in [0.2, 0.25) is 0 Å². The molecule has 0 unspecified atom stereocenters. The number of nitrogens with one attached hydrogen (secondary N) is 1. The van der Waals surface area contributed by atoms with E-state index in [0.29, 0.717) is 17.6 Å². The van der Waals surface area contributed by atoms with Crippen LogP contribution in [0, 0.1) is 0 Å². The fourth-order valence-corrected chi connectivity index (χ4v) is 4.76. The molecule has 1 amide bonds. The first-order chi connectivity index (χ1) is 14.4. The molecule has 0 saturated heterocycles. The molecule has 4 rings (SSSR count). The molecule has 1 aliphatic carbocycles. The number of hydrogen-bond donors (Lipinski definition) is 1. The molecule has 3 aromatic rings. The van der Waals surface area contributed by atoms with Crippen molar-refractivity contribution in [2.24, 2.45) is 0 Å². The van der Waals surface area contributed by atoms with Crippen molar-refractivity contribution in [1.29, 1.82) is 0 Å². The first-order valence-corrected chi connectivity index (χ1v) is 12.5. The normalized spacial score (nSPS) is 13.9. The van der Waals surface area contributed by atoms with E-state index in [4.69, 9.17) is 0 Å². The molecule has 0 spiro atoms. The summed E-state index contributed by atoms with van der Waals surface area (Å²) in [4.78, 5) is 12.6. The number of nitrogens with zero attached hydrogens (tertiary/aromatic N) is 3. The lowest BCUT2D eigenvalue weighted by atomic mass is 10.2. The van der Waals surface area contributed by atoms with Crippen LogP contribution in [0.25, 0.3) is 0 Å². The summed E-state index contributed by atoms with van der Waals surface area (Å²) in [5.41, 5.74) is 1.43. The molecule has 0 radical (unpaired) electrons. The maximum Gasteiger partial charge on any atom is 0.234 e. The first-order valence-electron chi connectivity index (χ1n) is 9.60. The number of carbonyl (C=O) groups excluding carboxylic acids is 1. The zero-order chi connectivity index (χ0) is 21.1. The molecule has 1 saturated carbocycles. The highest BCUT2D eigenvalue weighted by Gasteiger charge is 2.30. The SMILES string of the molecule is CS(=O)(=O)c1ccccc1NC(=O)CSc1nnc(C2CC2)n1Cc1ccccc1. The lowest BCUT2D eigenvalue weighted by Gasteiger charge is -2.11. The fourth-order valence-electron chi connectivity index (χ4n) is 3.17. The summed E-state index contributed by atoms with van der Waals surface area (Å²) in [6.45, 7) is 0.653. The fraction of sp³-hybridized carbons (Fsp3) is 0.286. The van der Waals surface area contributed by atoms with E-state index in [0.717, 1.165) is 30.5 Å². The van der Waals surface area contributed by atoms with Gasteiger partial charge in [-0.1, -0.05) is 54.2 Å². The summed E-state index contributed by atoms with van der Waals surface area (Å²) in [6, 6.07) is 16.5. The lowest BCUT2D eigenvalue weighted by Crippen LogP contribution is -2.17. The zero-order valence-electron chi connectivity index (χ0n) is 16.5. The third kappa shape index (κ3) is 4.91. The van der Waals surface area contributed by atoms with Gasteiger partial charge < -0.3 is 9.88 Å². The smallest absolute Gasteiger partial charge is 0.234 e. The van der Waals surface area contributed by atoms with Crippen LogP contribution in [0.4, 0.5) is 5.69 Å². The van der Waals surface area contributed by atoms with E-state index in [9.17, 15) is 13.2 Å². The molecule has 1 aliphatic rings. The minimum Gasteiger partial charge on any atom is -0.324 e. The summed E-state index contributed by atoms with van der Waals surface area (Å²) in [6.07, 6.45) is 3.35. The number of sulfone groups is 1. The molecule has 0 bridgehead atoms. The van der Waals surface area contributed by atoms with Crippen LogP contribution in [0.3, 0.4) is 0 Å². The Bertz CT molecular complexity index is 1160. The number of carbonyl (C=O) groups is 1. The Morgan fingerprint density at radius 3 is 2.50 bits per heavy atom. The lowest BCUT2D eigenvalue weighted by molar-refractivity contribution is -0.113. The standard InChI is InChI=1S/C21H22N4O3S2/c1-30(27,28)18-10-6-5-9-17(18)22-19(26)14-29-21-24-23-20(16-11-12-16)25(21)13-15-7-3-2-4-8-15/h2-10,16H,11-14H2,1H3,(H,22,26). The third-order valence-electron chi connectivity index (χ3n) is 4.76. The number of rotatable bonds is 8. The van der Waals surface area contributed by atoms with Crippen molar-refractivity contribution in [3.8, 4) is 0 Å². The van der Waals surface area contributed by atoms with Crippen LogP contribution in [0.5, 0.6) is 0 Å². The molecule has 156 valence electrons. The Morgan fingerprint density at radius 2 is 1.80 bits per heavy atom. The van der Waals surface area contributed by atoms with Crippen LogP contribution >= 0.6 is 11.8 Å². The molecule has 1 aromatic heterocycles. The quantitative estimate of drug-likeness (QED) is 0.538. The van der Waals surface area contributed by atoms with Gasteiger partial charge in [-0.05, 0) is 30.5 Å². The van der Waals surface area contributed by atoms with Gasteiger partial charge in [0, 0.05) is 12.2 Å². The zero-order valence-corrected chi connectivity index (χ0v) is 18.1. The Balaban J connectivity index is 1.47. The van der Waals surface area contributed by atoms with Gasteiger partial charge in [-0.2, -0.15) is 0 Å². The highest BCUT2D eigenvalue weighted by Crippen LogP contribution is 2.40. The van der Waals surface area contributed by atoms with Crippen molar-refractivity contribution in [2.75, 3.05) is 17.3 Å². The van der Waals surface area contributed by atoms with Gasteiger partial charge in [0.15, 0.2) is 15.0 Å². The van der Waals surface area contributed by atoms with Crippen molar-refractivity contribution < 1.29 is 13.2 Å². The van der Waals surface area contributed by atoms with E-state index in [-0.39, 0.29) is 22.2 Å². The molecule has 30 heavy (non-hydrogen) atoms. The van der Waals surface area contributed by atoms with Crippen molar-refractivity contribution in [3.05, 3.63) is 66.0 Å². The van der Waals surface area contributed by atoms with Gasteiger partial charge in [0.25, 0.3) is 0 Å². The Labute approximate surface area is 179 Å². The number of anilines is 1. The maximum atomic E-state index is 12.5. The predicted molar refractivity (Wildman–Crippen MR) is 116 cm³/mol. The number of benzene rings is 2. The number of aromatic nitrogens is 3. The second kappa shape index (κ2) is 8.61. The second-order valence-electron chi connectivity index (χ2n) is 7.29. The largest absolute Gasteiger partial charge is 0.324 e. The molecule has 1 heterocycles. The van der Waals surface area contributed by atoms with Crippen molar-refractivity contribution in [1.82, 2.24) is 14.8 Å². The first kappa shape index (κ1) is 20.6. The van der Waals surface area contributed by atoms with Gasteiger partial charge in [-0.3, -0.25) is 4.79 Å². The minimum absolute atomic E-state index is 0.103. The van der Waals surface area contributed by atoms with E-state index in [1.54, 1.807) is 18.2 Å². The Hall–Kier alpha value is -2.65. The van der Waals surface area contributed by atoms with Gasteiger partial charge in [0.2, 0.25) is 5.91 Å². The summed E-state index contributed by atoms with van der Waals surface area (Å²) in [5.74, 6) is 1.21. The number of thioether (sulfide) groups is 1. The van der Waals surface area contributed by atoms with E-state index in [2.05, 4.69) is 32.2 Å². The van der Waals surface area contributed by atoms with E-state index in [1.807, 2.05) is 18.2 Å². The number of amides is 1. The molecule has 7 nitrogen and oxygen atoms in total. The van der Waals surface area contributed by atoms with Crippen LogP contribution < -0.4 is 5.32 Å². The van der Waals surface area contributed by atoms with Crippen molar-refractivity contribution in [2.45, 2.75) is 35.4 Å². The van der Waals surface area contributed by atoms with Crippen molar-refractivity contribution in [3.63, 3.8) is 0 Å². The summed E-state index contributed by atoms with van der Waals surface area (Å²) < 4.78 is 25.9. The summed E-state index contributed by atoms with van der Waals surface area (Å²) >= 11 is 1.30. The molecule has 0 aliphatic heterocycles. The average molecular weight is 443 g/mol. The third-order valence-corrected chi connectivity index (χ3v) is 6.89. The van der Waals surface area contributed by atoms with E-state index >= 15 is 0 Å². The van der Waals surface area contributed by atoms with Crippen molar-refractivity contribution >= 4 is 33.2 Å². The molecular formula is C21H22N4O3S2. The second-order valence-corrected chi connectivity index (χ2v) is 10.2. The summed E-state index contributed by atoms with van der Waals surface area (Å²) in [5, 5.41) is 12.1. The molecule has 1 fully saturated rings. The number of hydrogen-bond acceptors (Lipinski definition) is 6. The predicted octanol–water partition coefficient (Wildman–Crippen LogP) is 3.34. The highest BCUT2D eigenvalue weighted by atomic mass is 32.2. The average Bonchev–Trinajstić information content (AvgIpc) is 3.49. The topological polar surface area (TPSA) is 93.9 Å². The van der Waals surface area contributed by atoms with Crippen LogP contribution in [0.15, 0.2) is 64.6 Å². The molecule has 1 N–H and O–H groups in total. The molecular weight excluding hydrogens is 420 g/mol. The van der Waals surface area contributed by atoms with Crippen LogP contribution in [-0.2, 0) is 21.2 Å². The van der Waals surface area contributed by atoms with Gasteiger partial charge in [0.05, 0.1) is 22.9 Å². The molecule has 0 atom stereocenters. The summed E-state index contributed by atoms with van der Waals surface area (Å²) in [7, 11) is -3.43. The minimum atomic E-state index is -3.43. The Kier molecular flexibility index (Phi) is 5.92. The highest BCUT2D eigenvalue weighted by molar-refractivity contribution is 7.99.